The van der Waals surface area contributed by atoms with Gasteiger partial charge < -0.3 is 21.7 Å². The average molecular weight is 256 g/mol. The molecule has 18 heavy (non-hydrogen) atoms. The zero-order chi connectivity index (χ0) is 14.6. The van der Waals surface area contributed by atoms with Gasteiger partial charge in [0, 0.05) is 0 Å². The van der Waals surface area contributed by atoms with Crippen molar-refractivity contribution in [2.45, 2.75) is 0 Å². The standard InChI is InChI=1S/C8H6O4.2CH3NO/c9-7(10)5-2-1-3-6(4-5)8(11)12;2*2-1-3/h1-4H,(H,9,10)(H,11,12);2*1H,(H2,2,3). The van der Waals surface area contributed by atoms with Gasteiger partial charge in [0.15, 0.2) is 0 Å². The molecule has 0 fully saturated rings. The minimum atomic E-state index is -1.13. The lowest BCUT2D eigenvalue weighted by atomic mass is 10.1. The van der Waals surface area contributed by atoms with Gasteiger partial charge in [-0.15, -0.1) is 0 Å². The lowest BCUT2D eigenvalue weighted by Gasteiger charge is -1.95. The Kier molecular flexibility index (Phi) is 10.3. The lowest BCUT2D eigenvalue weighted by Crippen LogP contribution is -2.01. The predicted octanol–water partition coefficient (Wildman–Crippen LogP) is -0.714. The summed E-state index contributed by atoms with van der Waals surface area (Å²) in [6, 6.07) is 5.20. The molecule has 1 aromatic carbocycles. The molecule has 0 saturated carbocycles. The van der Waals surface area contributed by atoms with Crippen LogP contribution in [0.5, 0.6) is 0 Å². The number of rotatable bonds is 2. The van der Waals surface area contributed by atoms with Crippen molar-refractivity contribution in [1.82, 2.24) is 0 Å². The summed E-state index contributed by atoms with van der Waals surface area (Å²) in [7, 11) is 0. The van der Waals surface area contributed by atoms with Gasteiger partial charge in [-0.05, 0) is 18.2 Å². The van der Waals surface area contributed by atoms with Crippen molar-refractivity contribution in [2.75, 3.05) is 0 Å². The zero-order valence-corrected chi connectivity index (χ0v) is 9.15. The fraction of sp³-hybridized carbons (Fsp3) is 0. The SMILES string of the molecule is NC=O.NC=O.O=C(O)c1cccc(C(=O)O)c1. The maximum atomic E-state index is 10.4. The van der Waals surface area contributed by atoms with Gasteiger partial charge in [-0.1, -0.05) is 6.07 Å². The Labute approximate surface area is 102 Å². The van der Waals surface area contributed by atoms with E-state index in [-0.39, 0.29) is 23.9 Å². The molecule has 0 aliphatic rings. The molecular formula is C10H12N2O6. The normalized spacial score (nSPS) is 7.56. The van der Waals surface area contributed by atoms with Crippen LogP contribution in [-0.4, -0.2) is 35.0 Å². The van der Waals surface area contributed by atoms with Crippen LogP contribution in [0.4, 0.5) is 0 Å². The van der Waals surface area contributed by atoms with E-state index in [0.717, 1.165) is 6.07 Å². The minimum absolute atomic E-state index is 0.0186. The summed E-state index contributed by atoms with van der Waals surface area (Å²) in [6.45, 7) is 0. The minimum Gasteiger partial charge on any atom is -0.478 e. The number of hydrogen-bond acceptors (Lipinski definition) is 4. The highest BCUT2D eigenvalue weighted by Gasteiger charge is 2.06. The molecule has 6 N–H and O–H groups in total. The van der Waals surface area contributed by atoms with Gasteiger partial charge >= 0.3 is 11.9 Å². The highest BCUT2D eigenvalue weighted by atomic mass is 16.4. The predicted molar refractivity (Wildman–Crippen MR) is 60.9 cm³/mol. The van der Waals surface area contributed by atoms with Gasteiger partial charge in [0.25, 0.3) is 0 Å². The van der Waals surface area contributed by atoms with Crippen LogP contribution in [-0.2, 0) is 9.59 Å². The van der Waals surface area contributed by atoms with Crippen LogP contribution in [0.3, 0.4) is 0 Å². The monoisotopic (exact) mass is 256 g/mol. The Morgan fingerprint density at radius 2 is 1.22 bits per heavy atom. The van der Waals surface area contributed by atoms with E-state index in [4.69, 9.17) is 19.8 Å². The van der Waals surface area contributed by atoms with E-state index in [9.17, 15) is 9.59 Å². The van der Waals surface area contributed by atoms with E-state index in [1.165, 1.54) is 18.2 Å². The van der Waals surface area contributed by atoms with Crippen molar-refractivity contribution in [3.05, 3.63) is 35.4 Å². The first-order valence-electron chi connectivity index (χ1n) is 4.31. The van der Waals surface area contributed by atoms with Crippen molar-refractivity contribution < 1.29 is 29.4 Å². The number of carboxylic acids is 2. The van der Waals surface area contributed by atoms with Gasteiger partial charge in [-0.25, -0.2) is 9.59 Å². The average Bonchev–Trinajstić information content (AvgIpc) is 2.31. The van der Waals surface area contributed by atoms with Gasteiger partial charge in [-0.3, -0.25) is 9.59 Å². The van der Waals surface area contributed by atoms with Crippen molar-refractivity contribution in [2.24, 2.45) is 11.5 Å². The Morgan fingerprint density at radius 1 is 0.944 bits per heavy atom. The third-order valence-electron chi connectivity index (χ3n) is 1.36. The van der Waals surface area contributed by atoms with Gasteiger partial charge in [-0.2, -0.15) is 0 Å². The topological polar surface area (TPSA) is 161 Å². The zero-order valence-electron chi connectivity index (χ0n) is 9.15. The molecule has 0 aromatic heterocycles. The molecule has 8 heteroatoms. The molecule has 1 aromatic rings. The lowest BCUT2D eigenvalue weighted by molar-refractivity contribution is -0.107. The number of primary amides is 2. The van der Waals surface area contributed by atoms with Crippen molar-refractivity contribution in [3.8, 4) is 0 Å². The first-order valence-corrected chi connectivity index (χ1v) is 4.31. The third-order valence-corrected chi connectivity index (χ3v) is 1.36. The summed E-state index contributed by atoms with van der Waals surface area (Å²) >= 11 is 0. The second-order valence-corrected chi connectivity index (χ2v) is 2.46. The fourth-order valence-corrected chi connectivity index (χ4v) is 0.785. The Balaban J connectivity index is 0. The molecule has 0 aliphatic carbocycles. The van der Waals surface area contributed by atoms with Crippen LogP contribution in [0.1, 0.15) is 20.7 Å². The quantitative estimate of drug-likeness (QED) is 0.511. The number of carbonyl (C=O) groups excluding carboxylic acids is 2. The second-order valence-electron chi connectivity index (χ2n) is 2.46. The van der Waals surface area contributed by atoms with E-state index in [2.05, 4.69) is 11.5 Å². The summed E-state index contributed by atoms with van der Waals surface area (Å²) < 4.78 is 0. The molecule has 0 spiro atoms. The van der Waals surface area contributed by atoms with Crippen LogP contribution < -0.4 is 11.5 Å². The number of hydrogen-bond donors (Lipinski definition) is 4. The Morgan fingerprint density at radius 3 is 1.44 bits per heavy atom. The molecule has 0 heterocycles. The van der Waals surface area contributed by atoms with E-state index >= 15 is 0 Å². The molecule has 2 amide bonds. The summed E-state index contributed by atoms with van der Waals surface area (Å²) in [5, 5.41) is 17.0. The number of nitrogens with two attached hydrogens (primary N) is 2. The van der Waals surface area contributed by atoms with E-state index < -0.39 is 11.9 Å². The number of benzene rings is 1. The Bertz CT molecular complexity index is 383. The van der Waals surface area contributed by atoms with Gasteiger partial charge in [0.1, 0.15) is 0 Å². The molecule has 0 unspecified atom stereocenters. The van der Waals surface area contributed by atoms with Crippen LogP contribution >= 0.6 is 0 Å². The number of carbonyl (C=O) groups is 4. The van der Waals surface area contributed by atoms with Crippen LogP contribution in [0.25, 0.3) is 0 Å². The molecule has 0 aliphatic heterocycles. The molecule has 98 valence electrons. The molecule has 0 bridgehead atoms. The van der Waals surface area contributed by atoms with Crippen LogP contribution in [0.15, 0.2) is 24.3 Å². The first-order chi connectivity index (χ1) is 8.44. The third kappa shape index (κ3) is 8.41. The number of carboxylic acid groups (broad SMARTS) is 2. The molecular weight excluding hydrogens is 244 g/mol. The van der Waals surface area contributed by atoms with Crippen molar-refractivity contribution in [1.29, 1.82) is 0 Å². The Hall–Kier alpha value is -2.90. The van der Waals surface area contributed by atoms with E-state index in [0.29, 0.717) is 0 Å². The first kappa shape index (κ1) is 17.5. The summed E-state index contributed by atoms with van der Waals surface area (Å²) in [5.41, 5.74) is 8.30. The number of amides is 2. The smallest absolute Gasteiger partial charge is 0.335 e. The maximum Gasteiger partial charge on any atom is 0.335 e. The second kappa shape index (κ2) is 10.6. The van der Waals surface area contributed by atoms with Crippen LogP contribution in [0, 0.1) is 0 Å². The molecule has 0 atom stereocenters. The highest BCUT2D eigenvalue weighted by Crippen LogP contribution is 2.04. The highest BCUT2D eigenvalue weighted by molar-refractivity contribution is 5.93. The van der Waals surface area contributed by atoms with Gasteiger partial charge in [0.2, 0.25) is 12.8 Å². The summed E-state index contributed by atoms with van der Waals surface area (Å²) in [6.07, 6.45) is 0.500. The summed E-state index contributed by atoms with van der Waals surface area (Å²) in [5.74, 6) is -2.25. The number of aromatic carboxylic acids is 2. The molecule has 0 radical (unpaired) electrons. The van der Waals surface area contributed by atoms with Crippen molar-refractivity contribution >= 4 is 24.8 Å². The van der Waals surface area contributed by atoms with Gasteiger partial charge in [0.05, 0.1) is 11.1 Å². The van der Waals surface area contributed by atoms with E-state index in [1.54, 1.807) is 0 Å². The van der Waals surface area contributed by atoms with Crippen molar-refractivity contribution in [3.63, 3.8) is 0 Å². The van der Waals surface area contributed by atoms with E-state index in [1.807, 2.05) is 0 Å². The van der Waals surface area contributed by atoms with Crippen LogP contribution in [0.2, 0.25) is 0 Å². The fourth-order valence-electron chi connectivity index (χ4n) is 0.785. The maximum absolute atomic E-state index is 10.4. The molecule has 0 saturated heterocycles. The molecule has 8 nitrogen and oxygen atoms in total. The molecule has 1 rings (SSSR count). The summed E-state index contributed by atoms with van der Waals surface area (Å²) in [4.78, 5) is 37.9. The largest absolute Gasteiger partial charge is 0.478 e.